The lowest BCUT2D eigenvalue weighted by molar-refractivity contribution is -0.123. The summed E-state index contributed by atoms with van der Waals surface area (Å²) in [5, 5.41) is 2.80. The summed E-state index contributed by atoms with van der Waals surface area (Å²) in [6.07, 6.45) is -0.935. The molecule has 0 aliphatic rings. The fourth-order valence-electron chi connectivity index (χ4n) is 2.54. The Bertz CT molecular complexity index is 1060. The molecule has 3 rings (SSSR count). The number of ketones is 1. The molecule has 0 unspecified atom stereocenters. The number of anilines is 1. The highest BCUT2D eigenvalue weighted by molar-refractivity contribution is 7.16. The van der Waals surface area contributed by atoms with E-state index in [0.29, 0.717) is 16.8 Å². The van der Waals surface area contributed by atoms with Crippen LogP contribution in [-0.2, 0) is 9.53 Å². The standard InChI is InChI=1S/C22H22N2O4S/c1-13(28-20(26)15-7-10-17-18(11-15)29-12-23-17)19(25)14-5-8-16(9-6-14)24-21(27)22(2,3)4/h5-13H,1-4H3,(H,24,27)/t13-/m0/s1. The maximum atomic E-state index is 12.6. The van der Waals surface area contributed by atoms with Gasteiger partial charge in [-0.15, -0.1) is 11.3 Å². The second kappa shape index (κ2) is 8.13. The molecule has 1 atom stereocenters. The number of nitrogens with one attached hydrogen (secondary N) is 1. The molecule has 0 saturated heterocycles. The molecule has 0 spiro atoms. The summed E-state index contributed by atoms with van der Waals surface area (Å²) in [5.41, 5.74) is 3.38. The number of carbonyl (C=O) groups is 3. The molecule has 1 aromatic heterocycles. The number of carbonyl (C=O) groups excluding carboxylic acids is 3. The lowest BCUT2D eigenvalue weighted by Gasteiger charge is -2.18. The van der Waals surface area contributed by atoms with Gasteiger partial charge in [0.2, 0.25) is 11.7 Å². The second-order valence-electron chi connectivity index (χ2n) is 7.73. The van der Waals surface area contributed by atoms with Gasteiger partial charge in [0.25, 0.3) is 0 Å². The minimum absolute atomic E-state index is 0.114. The van der Waals surface area contributed by atoms with Crippen molar-refractivity contribution in [3.05, 3.63) is 59.1 Å². The quantitative estimate of drug-likeness (QED) is 0.486. The number of fused-ring (bicyclic) bond motifs is 1. The van der Waals surface area contributed by atoms with Crippen molar-refractivity contribution in [1.29, 1.82) is 0 Å². The summed E-state index contributed by atoms with van der Waals surface area (Å²) in [6, 6.07) is 11.6. The van der Waals surface area contributed by atoms with Crippen molar-refractivity contribution in [2.45, 2.75) is 33.8 Å². The largest absolute Gasteiger partial charge is 0.451 e. The molecule has 3 aromatic rings. The van der Waals surface area contributed by atoms with E-state index < -0.39 is 17.5 Å². The van der Waals surface area contributed by atoms with Crippen LogP contribution in [0, 0.1) is 5.41 Å². The normalized spacial score (nSPS) is 12.4. The molecule has 0 saturated carbocycles. The molecule has 1 heterocycles. The van der Waals surface area contributed by atoms with Crippen molar-refractivity contribution >= 4 is 44.9 Å². The molecule has 6 nitrogen and oxygen atoms in total. The Kier molecular flexibility index (Phi) is 5.79. The van der Waals surface area contributed by atoms with Crippen LogP contribution in [0.4, 0.5) is 5.69 Å². The number of rotatable bonds is 5. The lowest BCUT2D eigenvalue weighted by Crippen LogP contribution is -2.27. The number of Topliss-reactive ketones (excluding diaryl/α,β-unsaturated/α-hetero) is 1. The zero-order chi connectivity index (χ0) is 21.2. The second-order valence-corrected chi connectivity index (χ2v) is 8.61. The number of aromatic nitrogens is 1. The van der Waals surface area contributed by atoms with E-state index in [2.05, 4.69) is 10.3 Å². The molecule has 0 aliphatic heterocycles. The van der Waals surface area contributed by atoms with Crippen molar-refractivity contribution in [2.75, 3.05) is 5.32 Å². The molecule has 1 amide bonds. The minimum atomic E-state index is -0.935. The molecule has 29 heavy (non-hydrogen) atoms. The average Bonchev–Trinajstić information content (AvgIpc) is 3.15. The summed E-state index contributed by atoms with van der Waals surface area (Å²) in [6.45, 7) is 7.01. The summed E-state index contributed by atoms with van der Waals surface area (Å²) in [4.78, 5) is 41.2. The smallest absolute Gasteiger partial charge is 0.338 e. The van der Waals surface area contributed by atoms with E-state index in [9.17, 15) is 14.4 Å². The third-order valence-corrected chi connectivity index (χ3v) is 5.12. The first-order valence-corrected chi connectivity index (χ1v) is 10.0. The van der Waals surface area contributed by atoms with Crippen LogP contribution in [0.3, 0.4) is 0 Å². The van der Waals surface area contributed by atoms with Crippen molar-refractivity contribution in [1.82, 2.24) is 4.98 Å². The van der Waals surface area contributed by atoms with Gasteiger partial charge < -0.3 is 10.1 Å². The summed E-state index contributed by atoms with van der Waals surface area (Å²) < 4.78 is 6.22. The fourth-order valence-corrected chi connectivity index (χ4v) is 3.25. The maximum absolute atomic E-state index is 12.6. The Balaban J connectivity index is 1.64. The van der Waals surface area contributed by atoms with Gasteiger partial charge in [0.05, 0.1) is 21.3 Å². The van der Waals surface area contributed by atoms with Crippen LogP contribution in [0.15, 0.2) is 48.0 Å². The van der Waals surface area contributed by atoms with Crippen LogP contribution >= 0.6 is 11.3 Å². The van der Waals surface area contributed by atoms with E-state index in [1.54, 1.807) is 54.9 Å². The Hall–Kier alpha value is -3.06. The highest BCUT2D eigenvalue weighted by Gasteiger charge is 2.23. The van der Waals surface area contributed by atoms with Gasteiger partial charge >= 0.3 is 5.97 Å². The first-order chi connectivity index (χ1) is 13.6. The van der Waals surface area contributed by atoms with Crippen LogP contribution in [0.2, 0.25) is 0 Å². The Morgan fingerprint density at radius 1 is 1.03 bits per heavy atom. The molecule has 150 valence electrons. The number of benzene rings is 2. The molecule has 0 radical (unpaired) electrons. The van der Waals surface area contributed by atoms with Gasteiger partial charge in [-0.05, 0) is 49.4 Å². The molecule has 2 aromatic carbocycles. The van der Waals surface area contributed by atoms with Crippen LogP contribution < -0.4 is 5.32 Å². The summed E-state index contributed by atoms with van der Waals surface area (Å²) in [5.74, 6) is -0.988. The highest BCUT2D eigenvalue weighted by Crippen LogP contribution is 2.21. The van der Waals surface area contributed by atoms with E-state index in [0.717, 1.165) is 10.2 Å². The molecule has 0 bridgehead atoms. The van der Waals surface area contributed by atoms with Crippen molar-refractivity contribution < 1.29 is 19.1 Å². The van der Waals surface area contributed by atoms with E-state index in [-0.39, 0.29) is 11.7 Å². The Morgan fingerprint density at radius 2 is 1.69 bits per heavy atom. The number of hydrogen-bond acceptors (Lipinski definition) is 6. The van der Waals surface area contributed by atoms with Gasteiger partial charge in [-0.2, -0.15) is 0 Å². The average molecular weight is 410 g/mol. The molecule has 0 aliphatic carbocycles. The predicted octanol–water partition coefficient (Wildman–Crippen LogP) is 4.71. The van der Waals surface area contributed by atoms with E-state index in [4.69, 9.17) is 4.74 Å². The molecular formula is C22H22N2O4S. The number of hydrogen-bond donors (Lipinski definition) is 1. The molecule has 7 heteroatoms. The van der Waals surface area contributed by atoms with Crippen molar-refractivity contribution in [2.24, 2.45) is 5.41 Å². The van der Waals surface area contributed by atoms with E-state index >= 15 is 0 Å². The van der Waals surface area contributed by atoms with Crippen LogP contribution in [-0.4, -0.2) is 28.7 Å². The van der Waals surface area contributed by atoms with Crippen LogP contribution in [0.5, 0.6) is 0 Å². The summed E-state index contributed by atoms with van der Waals surface area (Å²) >= 11 is 1.43. The number of amides is 1. The topological polar surface area (TPSA) is 85.4 Å². The van der Waals surface area contributed by atoms with Crippen molar-refractivity contribution in [3.8, 4) is 0 Å². The number of nitrogens with zero attached hydrogens (tertiary/aromatic N) is 1. The number of ether oxygens (including phenoxy) is 1. The van der Waals surface area contributed by atoms with Gasteiger partial charge in [0.1, 0.15) is 0 Å². The first-order valence-electron chi connectivity index (χ1n) is 9.15. The number of thiazole rings is 1. The third kappa shape index (κ3) is 4.86. The Morgan fingerprint density at radius 3 is 2.34 bits per heavy atom. The van der Waals surface area contributed by atoms with Crippen LogP contribution in [0.1, 0.15) is 48.4 Å². The zero-order valence-electron chi connectivity index (χ0n) is 16.7. The molecule has 0 fully saturated rings. The zero-order valence-corrected chi connectivity index (χ0v) is 17.5. The first kappa shape index (κ1) is 20.7. The number of esters is 1. The maximum Gasteiger partial charge on any atom is 0.338 e. The summed E-state index contributed by atoms with van der Waals surface area (Å²) in [7, 11) is 0. The van der Waals surface area contributed by atoms with E-state index in [1.165, 1.54) is 11.3 Å². The van der Waals surface area contributed by atoms with Gasteiger partial charge in [0, 0.05) is 16.7 Å². The lowest BCUT2D eigenvalue weighted by atomic mass is 9.95. The van der Waals surface area contributed by atoms with Crippen LogP contribution in [0.25, 0.3) is 10.2 Å². The monoisotopic (exact) mass is 410 g/mol. The van der Waals surface area contributed by atoms with Crippen molar-refractivity contribution in [3.63, 3.8) is 0 Å². The van der Waals surface area contributed by atoms with Gasteiger partial charge in [-0.25, -0.2) is 9.78 Å². The predicted molar refractivity (Wildman–Crippen MR) is 113 cm³/mol. The molecule has 1 N–H and O–H groups in total. The van der Waals surface area contributed by atoms with E-state index in [1.807, 2.05) is 20.8 Å². The fraction of sp³-hybridized carbons (Fsp3) is 0.273. The van der Waals surface area contributed by atoms with Gasteiger partial charge in [0.15, 0.2) is 6.10 Å². The Labute approximate surface area is 172 Å². The van der Waals surface area contributed by atoms with Gasteiger partial charge in [-0.1, -0.05) is 20.8 Å². The third-order valence-electron chi connectivity index (χ3n) is 4.33. The molecular weight excluding hydrogens is 388 g/mol. The van der Waals surface area contributed by atoms with Gasteiger partial charge in [-0.3, -0.25) is 9.59 Å². The highest BCUT2D eigenvalue weighted by atomic mass is 32.1. The minimum Gasteiger partial charge on any atom is -0.451 e. The SMILES string of the molecule is C[C@H](OC(=O)c1ccc2ncsc2c1)C(=O)c1ccc(NC(=O)C(C)(C)C)cc1.